The summed E-state index contributed by atoms with van der Waals surface area (Å²) in [5.74, 6) is 1.89. The largest absolute Gasteiger partial charge is 0.494 e. The lowest BCUT2D eigenvalue weighted by Gasteiger charge is -2.11. The SMILES string of the molecule is CCOc1ccc(OCCNC(=O)c2cc(C3CC3)nc3c2cnn3C(C)C)cc1. The van der Waals surface area contributed by atoms with E-state index in [2.05, 4.69) is 24.3 Å². The predicted molar refractivity (Wildman–Crippen MR) is 115 cm³/mol. The Morgan fingerprint density at radius 3 is 2.53 bits per heavy atom. The standard InChI is InChI=1S/C23H28N4O3/c1-4-29-17-7-9-18(10-8-17)30-12-11-24-23(28)19-13-21(16-5-6-16)26-22-20(19)14-25-27(22)15(2)3/h7-10,13-16H,4-6,11-12H2,1-3H3,(H,24,28). The number of nitrogens with one attached hydrogen (secondary N) is 1. The predicted octanol–water partition coefficient (Wildman–Crippen LogP) is 4.10. The van der Waals surface area contributed by atoms with Gasteiger partial charge in [0.15, 0.2) is 5.65 Å². The first-order valence-corrected chi connectivity index (χ1v) is 10.6. The highest BCUT2D eigenvalue weighted by molar-refractivity contribution is 6.05. The van der Waals surface area contributed by atoms with E-state index in [1.165, 1.54) is 0 Å². The topological polar surface area (TPSA) is 78.3 Å². The molecule has 0 unspecified atom stereocenters. The van der Waals surface area contributed by atoms with Crippen molar-refractivity contribution in [2.75, 3.05) is 19.8 Å². The van der Waals surface area contributed by atoms with Crippen molar-refractivity contribution >= 4 is 16.9 Å². The lowest BCUT2D eigenvalue weighted by Crippen LogP contribution is -2.28. The van der Waals surface area contributed by atoms with Crippen LogP contribution in [-0.2, 0) is 0 Å². The van der Waals surface area contributed by atoms with Gasteiger partial charge in [-0.25, -0.2) is 9.67 Å². The first-order chi connectivity index (χ1) is 14.6. The molecule has 4 rings (SSSR count). The Balaban J connectivity index is 1.41. The minimum absolute atomic E-state index is 0.122. The van der Waals surface area contributed by atoms with E-state index in [-0.39, 0.29) is 11.9 Å². The van der Waals surface area contributed by atoms with Crippen molar-refractivity contribution in [1.82, 2.24) is 20.1 Å². The third kappa shape index (κ3) is 4.40. The van der Waals surface area contributed by atoms with Gasteiger partial charge in [0.25, 0.3) is 5.91 Å². The quantitative estimate of drug-likeness (QED) is 0.540. The van der Waals surface area contributed by atoms with Crippen LogP contribution in [0.2, 0.25) is 0 Å². The molecule has 1 fully saturated rings. The molecular formula is C23H28N4O3. The molecule has 7 nitrogen and oxygen atoms in total. The van der Waals surface area contributed by atoms with Crippen molar-refractivity contribution in [3.05, 3.63) is 47.8 Å². The molecular weight excluding hydrogens is 380 g/mol. The van der Waals surface area contributed by atoms with Crippen LogP contribution in [-0.4, -0.2) is 40.4 Å². The second-order valence-electron chi connectivity index (χ2n) is 7.80. The number of amides is 1. The number of ether oxygens (including phenoxy) is 2. The zero-order chi connectivity index (χ0) is 21.1. The van der Waals surface area contributed by atoms with Crippen LogP contribution in [0.25, 0.3) is 11.0 Å². The minimum Gasteiger partial charge on any atom is -0.494 e. The Hall–Kier alpha value is -3.09. The van der Waals surface area contributed by atoms with Crippen LogP contribution < -0.4 is 14.8 Å². The van der Waals surface area contributed by atoms with Gasteiger partial charge >= 0.3 is 0 Å². The Morgan fingerprint density at radius 1 is 1.20 bits per heavy atom. The summed E-state index contributed by atoms with van der Waals surface area (Å²) in [5, 5.41) is 8.21. The monoisotopic (exact) mass is 408 g/mol. The van der Waals surface area contributed by atoms with Crippen LogP contribution in [0.4, 0.5) is 0 Å². The molecule has 1 aromatic carbocycles. The number of rotatable bonds is 9. The van der Waals surface area contributed by atoms with Gasteiger partial charge in [0.05, 0.1) is 30.3 Å². The van der Waals surface area contributed by atoms with Gasteiger partial charge in [0.2, 0.25) is 0 Å². The molecule has 3 aromatic rings. The number of hydrogen-bond acceptors (Lipinski definition) is 5. The second kappa shape index (κ2) is 8.73. The molecule has 1 saturated carbocycles. The molecule has 1 aliphatic rings. The Morgan fingerprint density at radius 2 is 1.90 bits per heavy atom. The molecule has 7 heteroatoms. The summed E-state index contributed by atoms with van der Waals surface area (Å²) in [7, 11) is 0. The van der Waals surface area contributed by atoms with Gasteiger partial charge in [-0.2, -0.15) is 5.10 Å². The first-order valence-electron chi connectivity index (χ1n) is 10.6. The number of hydrogen-bond donors (Lipinski definition) is 1. The maximum Gasteiger partial charge on any atom is 0.252 e. The van der Waals surface area contributed by atoms with Gasteiger partial charge in [-0.3, -0.25) is 4.79 Å². The van der Waals surface area contributed by atoms with E-state index in [1.54, 1.807) is 6.20 Å². The molecule has 1 N–H and O–H groups in total. The van der Waals surface area contributed by atoms with Crippen LogP contribution in [0.1, 0.15) is 61.6 Å². The van der Waals surface area contributed by atoms with Gasteiger partial charge in [0, 0.05) is 17.7 Å². The highest BCUT2D eigenvalue weighted by Crippen LogP contribution is 2.40. The molecule has 0 radical (unpaired) electrons. The molecule has 2 heterocycles. The third-order valence-electron chi connectivity index (χ3n) is 5.11. The van der Waals surface area contributed by atoms with E-state index in [4.69, 9.17) is 14.5 Å². The normalized spacial score (nSPS) is 13.6. The fourth-order valence-corrected chi connectivity index (χ4v) is 3.42. The smallest absolute Gasteiger partial charge is 0.252 e. The van der Waals surface area contributed by atoms with Gasteiger partial charge in [-0.1, -0.05) is 0 Å². The number of fused-ring (bicyclic) bond motifs is 1. The summed E-state index contributed by atoms with van der Waals surface area (Å²) in [4.78, 5) is 17.7. The van der Waals surface area contributed by atoms with E-state index in [1.807, 2.05) is 41.9 Å². The Labute approximate surface area is 176 Å². The highest BCUT2D eigenvalue weighted by Gasteiger charge is 2.28. The molecule has 0 atom stereocenters. The first kappa shape index (κ1) is 20.2. The highest BCUT2D eigenvalue weighted by atomic mass is 16.5. The summed E-state index contributed by atoms with van der Waals surface area (Å²) in [6.45, 7) is 7.51. The maximum absolute atomic E-state index is 12.9. The number of nitrogens with zero attached hydrogens (tertiary/aromatic N) is 3. The van der Waals surface area contributed by atoms with Gasteiger partial charge in [-0.05, 0) is 63.9 Å². The summed E-state index contributed by atoms with van der Waals surface area (Å²) in [6, 6.07) is 9.58. The van der Waals surface area contributed by atoms with Crippen LogP contribution in [0.5, 0.6) is 11.5 Å². The molecule has 0 saturated heterocycles. The number of pyridine rings is 1. The van der Waals surface area contributed by atoms with Crippen molar-refractivity contribution in [3.8, 4) is 11.5 Å². The van der Waals surface area contributed by atoms with Crippen LogP contribution in [0, 0.1) is 0 Å². The van der Waals surface area contributed by atoms with E-state index in [9.17, 15) is 4.79 Å². The summed E-state index contributed by atoms with van der Waals surface area (Å²) in [5.41, 5.74) is 2.40. The van der Waals surface area contributed by atoms with Crippen LogP contribution >= 0.6 is 0 Å². The molecule has 0 bridgehead atoms. The molecule has 1 amide bonds. The van der Waals surface area contributed by atoms with Crippen molar-refractivity contribution in [2.45, 2.75) is 45.6 Å². The zero-order valence-corrected chi connectivity index (χ0v) is 17.7. The van der Waals surface area contributed by atoms with E-state index >= 15 is 0 Å². The van der Waals surface area contributed by atoms with Gasteiger partial charge < -0.3 is 14.8 Å². The van der Waals surface area contributed by atoms with Gasteiger partial charge in [-0.15, -0.1) is 0 Å². The minimum atomic E-state index is -0.122. The number of aromatic nitrogens is 3. The average molecular weight is 409 g/mol. The van der Waals surface area contributed by atoms with Crippen LogP contribution in [0.15, 0.2) is 36.5 Å². The molecule has 30 heavy (non-hydrogen) atoms. The van der Waals surface area contributed by atoms with Crippen molar-refractivity contribution in [1.29, 1.82) is 0 Å². The van der Waals surface area contributed by atoms with E-state index in [0.717, 1.165) is 41.1 Å². The van der Waals surface area contributed by atoms with Crippen molar-refractivity contribution < 1.29 is 14.3 Å². The molecule has 0 aliphatic heterocycles. The zero-order valence-electron chi connectivity index (χ0n) is 17.7. The summed E-state index contributed by atoms with van der Waals surface area (Å²) < 4.78 is 13.0. The lowest BCUT2D eigenvalue weighted by molar-refractivity contribution is 0.0948. The number of benzene rings is 1. The summed E-state index contributed by atoms with van der Waals surface area (Å²) >= 11 is 0. The Kier molecular flexibility index (Phi) is 5.88. The molecule has 0 spiro atoms. The number of carbonyl (C=O) groups is 1. The fourth-order valence-electron chi connectivity index (χ4n) is 3.42. The fraction of sp³-hybridized carbons (Fsp3) is 0.435. The Bertz CT molecular complexity index is 1020. The second-order valence-corrected chi connectivity index (χ2v) is 7.80. The lowest BCUT2D eigenvalue weighted by atomic mass is 10.1. The molecule has 2 aromatic heterocycles. The average Bonchev–Trinajstić information content (AvgIpc) is 3.50. The van der Waals surface area contributed by atoms with Crippen LogP contribution in [0.3, 0.4) is 0 Å². The number of carbonyl (C=O) groups excluding carboxylic acids is 1. The maximum atomic E-state index is 12.9. The van der Waals surface area contributed by atoms with Crippen molar-refractivity contribution in [3.63, 3.8) is 0 Å². The molecule has 1 aliphatic carbocycles. The van der Waals surface area contributed by atoms with E-state index < -0.39 is 0 Å². The van der Waals surface area contributed by atoms with E-state index in [0.29, 0.717) is 31.2 Å². The summed E-state index contributed by atoms with van der Waals surface area (Å²) in [6.07, 6.45) is 4.00. The third-order valence-corrected chi connectivity index (χ3v) is 5.11. The van der Waals surface area contributed by atoms with Gasteiger partial charge in [0.1, 0.15) is 18.1 Å². The van der Waals surface area contributed by atoms with Crippen molar-refractivity contribution in [2.24, 2.45) is 0 Å². The molecule has 158 valence electrons.